The van der Waals surface area contributed by atoms with Crippen LogP contribution < -0.4 is 10.1 Å². The average molecular weight is 469 g/mol. The summed E-state index contributed by atoms with van der Waals surface area (Å²) in [6, 6.07) is 14.2. The summed E-state index contributed by atoms with van der Waals surface area (Å²) in [6.07, 6.45) is 7.29. The first-order valence-electron chi connectivity index (χ1n) is 11.2. The first-order chi connectivity index (χ1) is 16.0. The lowest BCUT2D eigenvalue weighted by molar-refractivity contribution is -0.122. The van der Waals surface area contributed by atoms with Crippen LogP contribution in [0.3, 0.4) is 0 Å². The van der Waals surface area contributed by atoms with E-state index in [0.717, 1.165) is 37.0 Å². The van der Waals surface area contributed by atoms with E-state index in [4.69, 9.17) is 4.74 Å². The van der Waals surface area contributed by atoms with Crippen molar-refractivity contribution in [3.8, 4) is 5.75 Å². The van der Waals surface area contributed by atoms with E-state index >= 15 is 0 Å². The molecule has 1 heterocycles. The number of carbonyl (C=O) groups excluding carboxylic acids is 1. The first kappa shape index (κ1) is 23.0. The lowest BCUT2D eigenvalue weighted by atomic mass is 9.95. The fourth-order valence-electron chi connectivity index (χ4n) is 4.07. The number of hydrazone groups is 1. The molecule has 0 unspecified atom stereocenters. The molecule has 1 saturated carbocycles. The van der Waals surface area contributed by atoms with Crippen molar-refractivity contribution in [2.75, 3.05) is 13.7 Å². The third kappa shape index (κ3) is 5.60. The van der Waals surface area contributed by atoms with Crippen molar-refractivity contribution in [3.05, 3.63) is 59.7 Å². The SMILES string of the molecule is COc1ccc(/C=N\N(CCC(=O)NC2CCCCC2)C2=NS(=O)(=O)c3ccccc32)cc1. The summed E-state index contributed by atoms with van der Waals surface area (Å²) in [7, 11) is -2.20. The molecule has 0 spiro atoms. The van der Waals surface area contributed by atoms with E-state index in [1.807, 2.05) is 24.3 Å². The number of methoxy groups -OCH3 is 1. The molecule has 0 saturated heterocycles. The molecule has 1 amide bonds. The molecule has 1 fully saturated rings. The van der Waals surface area contributed by atoms with Crippen LogP contribution in [0.5, 0.6) is 5.75 Å². The van der Waals surface area contributed by atoms with Gasteiger partial charge in [0.05, 0.1) is 19.9 Å². The highest BCUT2D eigenvalue weighted by atomic mass is 32.2. The van der Waals surface area contributed by atoms with Crippen molar-refractivity contribution in [2.45, 2.75) is 49.5 Å². The van der Waals surface area contributed by atoms with Crippen LogP contribution in [0.2, 0.25) is 0 Å². The van der Waals surface area contributed by atoms with Crippen molar-refractivity contribution in [2.24, 2.45) is 9.50 Å². The van der Waals surface area contributed by atoms with Crippen LogP contribution in [-0.4, -0.2) is 51.1 Å². The topological polar surface area (TPSA) is 100 Å². The van der Waals surface area contributed by atoms with Crippen LogP contribution in [0.25, 0.3) is 0 Å². The van der Waals surface area contributed by atoms with E-state index in [2.05, 4.69) is 14.8 Å². The van der Waals surface area contributed by atoms with Crippen LogP contribution >= 0.6 is 0 Å². The molecular weight excluding hydrogens is 440 g/mol. The molecule has 2 aromatic rings. The van der Waals surface area contributed by atoms with E-state index in [9.17, 15) is 13.2 Å². The Morgan fingerprint density at radius 1 is 1.15 bits per heavy atom. The van der Waals surface area contributed by atoms with E-state index in [1.54, 1.807) is 31.5 Å². The lowest BCUT2D eigenvalue weighted by Gasteiger charge is -2.24. The maximum atomic E-state index is 12.6. The molecule has 1 N–H and O–H groups in total. The summed E-state index contributed by atoms with van der Waals surface area (Å²) in [5.41, 5.74) is 1.29. The minimum atomic E-state index is -3.80. The Bertz CT molecular complexity index is 1150. The second-order valence-corrected chi connectivity index (χ2v) is 9.75. The number of amides is 1. The molecule has 0 bridgehead atoms. The molecule has 33 heavy (non-hydrogen) atoms. The molecule has 2 aromatic carbocycles. The molecular formula is C24H28N4O4S. The number of benzene rings is 2. The van der Waals surface area contributed by atoms with Gasteiger partial charge in [-0.3, -0.25) is 4.79 Å². The van der Waals surface area contributed by atoms with Crippen LogP contribution in [0.4, 0.5) is 0 Å². The van der Waals surface area contributed by atoms with Gasteiger partial charge in [0, 0.05) is 18.0 Å². The normalized spacial score (nSPS) is 17.4. The summed E-state index contributed by atoms with van der Waals surface area (Å²) >= 11 is 0. The van der Waals surface area contributed by atoms with Gasteiger partial charge in [0.15, 0.2) is 5.84 Å². The molecule has 0 aromatic heterocycles. The van der Waals surface area contributed by atoms with E-state index in [-0.39, 0.29) is 35.6 Å². The summed E-state index contributed by atoms with van der Waals surface area (Å²) in [4.78, 5) is 12.7. The number of carbonyl (C=O) groups is 1. The van der Waals surface area contributed by atoms with Gasteiger partial charge in [-0.2, -0.15) is 13.5 Å². The van der Waals surface area contributed by atoms with Crippen molar-refractivity contribution >= 4 is 28.0 Å². The predicted molar refractivity (Wildman–Crippen MR) is 127 cm³/mol. The highest BCUT2D eigenvalue weighted by molar-refractivity contribution is 7.90. The Morgan fingerprint density at radius 2 is 1.88 bits per heavy atom. The zero-order valence-electron chi connectivity index (χ0n) is 18.6. The Morgan fingerprint density at radius 3 is 2.61 bits per heavy atom. The number of rotatable bonds is 7. The van der Waals surface area contributed by atoms with Crippen molar-refractivity contribution in [1.29, 1.82) is 0 Å². The summed E-state index contributed by atoms with van der Waals surface area (Å²) in [5.74, 6) is 0.880. The Labute approximate surface area is 194 Å². The third-order valence-electron chi connectivity index (χ3n) is 5.84. The minimum absolute atomic E-state index is 0.0683. The molecule has 9 heteroatoms. The summed E-state index contributed by atoms with van der Waals surface area (Å²) in [6.45, 7) is 0.202. The van der Waals surface area contributed by atoms with Crippen molar-refractivity contribution in [1.82, 2.24) is 10.3 Å². The molecule has 0 atom stereocenters. The van der Waals surface area contributed by atoms with Gasteiger partial charge in [-0.05, 0) is 54.8 Å². The number of amidine groups is 1. The number of sulfonamides is 1. The molecule has 174 valence electrons. The van der Waals surface area contributed by atoms with Gasteiger partial charge < -0.3 is 10.1 Å². The number of hydrogen-bond acceptors (Lipinski definition) is 6. The highest BCUT2D eigenvalue weighted by Gasteiger charge is 2.32. The minimum Gasteiger partial charge on any atom is -0.497 e. The number of fused-ring (bicyclic) bond motifs is 1. The van der Waals surface area contributed by atoms with Gasteiger partial charge in [0.25, 0.3) is 10.0 Å². The van der Waals surface area contributed by atoms with Gasteiger partial charge >= 0.3 is 0 Å². The number of hydrogen-bond donors (Lipinski definition) is 1. The lowest BCUT2D eigenvalue weighted by Crippen LogP contribution is -2.38. The maximum Gasteiger partial charge on any atom is 0.285 e. The Kier molecular flexibility index (Phi) is 7.08. The molecule has 2 aliphatic rings. The largest absolute Gasteiger partial charge is 0.497 e. The van der Waals surface area contributed by atoms with E-state index in [0.29, 0.717) is 5.56 Å². The molecule has 1 aliphatic heterocycles. The second kappa shape index (κ2) is 10.2. The number of nitrogens with one attached hydrogen (secondary N) is 1. The van der Waals surface area contributed by atoms with Crippen LogP contribution in [0, 0.1) is 0 Å². The Hall–Kier alpha value is -3.20. The monoisotopic (exact) mass is 468 g/mol. The second-order valence-electron chi connectivity index (χ2n) is 8.18. The van der Waals surface area contributed by atoms with Crippen LogP contribution in [0.1, 0.15) is 49.7 Å². The van der Waals surface area contributed by atoms with Crippen LogP contribution in [0.15, 0.2) is 62.9 Å². The zero-order chi connectivity index (χ0) is 23.3. The average Bonchev–Trinajstić information content (AvgIpc) is 3.11. The van der Waals surface area contributed by atoms with Gasteiger partial charge in [-0.25, -0.2) is 5.01 Å². The van der Waals surface area contributed by atoms with Crippen LogP contribution in [-0.2, 0) is 14.8 Å². The van der Waals surface area contributed by atoms with Crippen molar-refractivity contribution in [3.63, 3.8) is 0 Å². The predicted octanol–water partition coefficient (Wildman–Crippen LogP) is 3.32. The summed E-state index contributed by atoms with van der Waals surface area (Å²) in [5, 5.41) is 9.10. The first-order valence-corrected chi connectivity index (χ1v) is 12.6. The fourth-order valence-corrected chi connectivity index (χ4v) is 5.28. The molecule has 1 aliphatic carbocycles. The molecule has 8 nitrogen and oxygen atoms in total. The standard InChI is InChI=1S/C24H28N4O4S/c1-32-20-13-11-18(12-14-20)17-25-28(16-15-23(29)26-19-7-3-2-4-8-19)24-21-9-5-6-10-22(21)33(30,31)27-24/h5-6,9-14,17,19H,2-4,7-8,15-16H2,1H3,(H,26,29)/b25-17-. The van der Waals surface area contributed by atoms with E-state index in [1.165, 1.54) is 17.5 Å². The van der Waals surface area contributed by atoms with Gasteiger partial charge in [-0.1, -0.05) is 31.4 Å². The third-order valence-corrected chi connectivity index (χ3v) is 7.17. The quantitative estimate of drug-likeness (QED) is 0.496. The van der Waals surface area contributed by atoms with Crippen molar-refractivity contribution < 1.29 is 17.9 Å². The van der Waals surface area contributed by atoms with Gasteiger partial charge in [0.1, 0.15) is 10.6 Å². The maximum absolute atomic E-state index is 12.6. The number of nitrogens with zero attached hydrogens (tertiary/aromatic N) is 3. The number of ether oxygens (including phenoxy) is 1. The zero-order valence-corrected chi connectivity index (χ0v) is 19.4. The smallest absolute Gasteiger partial charge is 0.285 e. The van der Waals surface area contributed by atoms with Gasteiger partial charge in [-0.15, -0.1) is 4.40 Å². The molecule has 0 radical (unpaired) electrons. The van der Waals surface area contributed by atoms with E-state index < -0.39 is 10.0 Å². The Balaban J connectivity index is 1.54. The highest BCUT2D eigenvalue weighted by Crippen LogP contribution is 2.27. The summed E-state index contributed by atoms with van der Waals surface area (Å²) < 4.78 is 34.3. The fraction of sp³-hybridized carbons (Fsp3) is 0.375. The molecule has 4 rings (SSSR count). The van der Waals surface area contributed by atoms with Gasteiger partial charge in [0.2, 0.25) is 5.91 Å².